The molecule has 0 bridgehead atoms. The fraction of sp³-hybridized carbons (Fsp3) is 0.182. The van der Waals surface area contributed by atoms with Gasteiger partial charge in [0.25, 0.3) is 0 Å². The van der Waals surface area contributed by atoms with Crippen LogP contribution in [0.3, 0.4) is 0 Å². The summed E-state index contributed by atoms with van der Waals surface area (Å²) in [5.74, 6) is 5.27. The number of nitrogens with zero attached hydrogens (tertiary/aromatic N) is 1. The van der Waals surface area contributed by atoms with E-state index in [1.54, 1.807) is 6.92 Å². The summed E-state index contributed by atoms with van der Waals surface area (Å²) in [6.07, 6.45) is 0.599. The average Bonchev–Trinajstić information content (AvgIpc) is 2.29. The second kappa shape index (κ2) is 5.51. The Bertz CT molecular complexity index is 471. The van der Waals surface area contributed by atoms with E-state index in [9.17, 15) is 14.9 Å². The second-order valence-corrected chi connectivity index (χ2v) is 2.82. The lowest BCUT2D eigenvalue weighted by Gasteiger charge is -2.03. The van der Waals surface area contributed by atoms with Crippen LogP contribution >= 0.6 is 0 Å². The maximum absolute atomic E-state index is 10.7. The molecule has 0 spiro atoms. The van der Waals surface area contributed by atoms with Gasteiger partial charge in [0.1, 0.15) is 12.9 Å². The van der Waals surface area contributed by atoms with Crippen molar-refractivity contribution < 1.29 is 14.5 Å². The predicted molar refractivity (Wildman–Crippen MR) is 57.4 cm³/mol. The van der Waals surface area contributed by atoms with Gasteiger partial charge in [-0.3, -0.25) is 14.9 Å². The Labute approximate surface area is 92.2 Å². The summed E-state index contributed by atoms with van der Waals surface area (Å²) in [5, 5.41) is 10.7. The van der Waals surface area contributed by atoms with Crippen LogP contribution in [0.5, 0.6) is 5.75 Å². The topological polar surface area (TPSA) is 69.4 Å². The first-order valence-corrected chi connectivity index (χ1v) is 4.45. The molecule has 1 aromatic carbocycles. The fourth-order valence-corrected chi connectivity index (χ4v) is 1.06. The second-order valence-electron chi connectivity index (χ2n) is 2.82. The van der Waals surface area contributed by atoms with Gasteiger partial charge in [-0.05, 0) is 19.1 Å². The normalized spacial score (nSPS) is 8.81. The van der Waals surface area contributed by atoms with Crippen LogP contribution in [0.4, 0.5) is 5.69 Å². The Hall–Kier alpha value is -2.35. The van der Waals surface area contributed by atoms with Crippen molar-refractivity contribution in [3.05, 3.63) is 33.9 Å². The molecule has 5 heteroatoms. The van der Waals surface area contributed by atoms with Gasteiger partial charge in [0.15, 0.2) is 5.75 Å². The largest absolute Gasteiger partial charge is 0.474 e. The highest BCUT2D eigenvalue weighted by Crippen LogP contribution is 2.27. The molecule has 0 atom stereocenters. The van der Waals surface area contributed by atoms with Crippen LogP contribution in [0.2, 0.25) is 0 Å². The third-order valence-corrected chi connectivity index (χ3v) is 1.79. The summed E-state index contributed by atoms with van der Waals surface area (Å²) >= 11 is 0. The van der Waals surface area contributed by atoms with Gasteiger partial charge in [0.2, 0.25) is 0 Å². The molecule has 0 amide bonds. The van der Waals surface area contributed by atoms with Gasteiger partial charge in [0, 0.05) is 11.6 Å². The standard InChI is InChI=1S/C11H9NO4/c1-2-3-6-16-11-7-9(8-13)4-5-10(11)12(14)15/h4-5,7-8H,6H2,1H3. The molecule has 16 heavy (non-hydrogen) atoms. The van der Waals surface area contributed by atoms with Crippen LogP contribution in [-0.4, -0.2) is 17.8 Å². The number of hydrogen-bond acceptors (Lipinski definition) is 4. The van der Waals surface area contributed by atoms with Crippen LogP contribution in [0.15, 0.2) is 18.2 Å². The van der Waals surface area contributed by atoms with Gasteiger partial charge < -0.3 is 4.74 Å². The highest BCUT2D eigenvalue weighted by atomic mass is 16.6. The molecule has 0 fully saturated rings. The summed E-state index contributed by atoms with van der Waals surface area (Å²) in [4.78, 5) is 20.6. The van der Waals surface area contributed by atoms with Crippen LogP contribution in [0.25, 0.3) is 0 Å². The highest BCUT2D eigenvalue weighted by Gasteiger charge is 2.14. The predicted octanol–water partition coefficient (Wildman–Crippen LogP) is 1.81. The molecular weight excluding hydrogens is 210 g/mol. The van der Waals surface area contributed by atoms with Crippen molar-refractivity contribution >= 4 is 12.0 Å². The van der Waals surface area contributed by atoms with Crippen LogP contribution in [0, 0.1) is 22.0 Å². The molecule has 0 saturated heterocycles. The van der Waals surface area contributed by atoms with Gasteiger partial charge in [-0.1, -0.05) is 5.92 Å². The van der Waals surface area contributed by atoms with E-state index in [1.165, 1.54) is 18.2 Å². The molecule has 1 aromatic rings. The zero-order valence-electron chi connectivity index (χ0n) is 8.60. The molecule has 0 heterocycles. The van der Waals surface area contributed by atoms with E-state index in [-0.39, 0.29) is 18.0 Å². The first kappa shape index (κ1) is 11.7. The summed E-state index contributed by atoms with van der Waals surface area (Å²) in [5.41, 5.74) is 0.147. The molecule has 0 radical (unpaired) electrons. The molecule has 5 nitrogen and oxygen atoms in total. The molecule has 0 N–H and O–H groups in total. The van der Waals surface area contributed by atoms with Crippen LogP contribution in [0.1, 0.15) is 17.3 Å². The quantitative estimate of drug-likeness (QED) is 0.335. The van der Waals surface area contributed by atoms with Crippen molar-refractivity contribution in [1.82, 2.24) is 0 Å². The van der Waals surface area contributed by atoms with E-state index >= 15 is 0 Å². The van der Waals surface area contributed by atoms with E-state index < -0.39 is 4.92 Å². The number of hydrogen-bond donors (Lipinski definition) is 0. The number of nitro benzene ring substituents is 1. The van der Waals surface area contributed by atoms with Crippen molar-refractivity contribution in [2.24, 2.45) is 0 Å². The number of carbonyl (C=O) groups is 1. The molecule has 0 aromatic heterocycles. The molecule has 0 unspecified atom stereocenters. The van der Waals surface area contributed by atoms with Gasteiger partial charge in [0.05, 0.1) is 4.92 Å². The molecule has 0 aliphatic rings. The van der Waals surface area contributed by atoms with Gasteiger partial charge in [-0.2, -0.15) is 0 Å². The summed E-state index contributed by atoms with van der Waals surface area (Å²) in [7, 11) is 0. The number of carbonyl (C=O) groups excluding carboxylic acids is 1. The van der Waals surface area contributed by atoms with Crippen molar-refractivity contribution in [2.45, 2.75) is 6.92 Å². The monoisotopic (exact) mass is 219 g/mol. The zero-order chi connectivity index (χ0) is 12.0. The van der Waals surface area contributed by atoms with Gasteiger partial charge in [-0.15, -0.1) is 5.92 Å². The number of nitro groups is 1. The van der Waals surface area contributed by atoms with E-state index in [2.05, 4.69) is 11.8 Å². The Morgan fingerprint density at radius 3 is 2.88 bits per heavy atom. The van der Waals surface area contributed by atoms with Gasteiger partial charge in [-0.25, -0.2) is 0 Å². The maximum atomic E-state index is 10.7. The Kier molecular flexibility index (Phi) is 4.04. The highest BCUT2D eigenvalue weighted by molar-refractivity contribution is 5.76. The minimum absolute atomic E-state index is 0.0531. The zero-order valence-corrected chi connectivity index (χ0v) is 8.60. The van der Waals surface area contributed by atoms with E-state index in [0.717, 1.165) is 0 Å². The van der Waals surface area contributed by atoms with E-state index in [4.69, 9.17) is 4.74 Å². The fourth-order valence-electron chi connectivity index (χ4n) is 1.06. The van der Waals surface area contributed by atoms with E-state index in [0.29, 0.717) is 11.8 Å². The molecule has 0 saturated carbocycles. The number of benzene rings is 1. The summed E-state index contributed by atoms with van der Waals surface area (Å²) in [6, 6.07) is 3.92. The molecule has 0 aliphatic carbocycles. The number of ether oxygens (including phenoxy) is 1. The van der Waals surface area contributed by atoms with Crippen LogP contribution in [-0.2, 0) is 0 Å². The summed E-state index contributed by atoms with van der Waals surface area (Å²) in [6.45, 7) is 1.69. The lowest BCUT2D eigenvalue weighted by atomic mass is 10.2. The lowest BCUT2D eigenvalue weighted by molar-refractivity contribution is -0.385. The maximum Gasteiger partial charge on any atom is 0.311 e. The Balaban J connectivity index is 3.03. The Morgan fingerprint density at radius 2 is 2.31 bits per heavy atom. The molecule has 0 aliphatic heterocycles. The Morgan fingerprint density at radius 1 is 1.56 bits per heavy atom. The smallest absolute Gasteiger partial charge is 0.311 e. The third kappa shape index (κ3) is 2.82. The van der Waals surface area contributed by atoms with Crippen molar-refractivity contribution in [2.75, 3.05) is 6.61 Å². The van der Waals surface area contributed by atoms with Crippen molar-refractivity contribution in [1.29, 1.82) is 0 Å². The first-order valence-electron chi connectivity index (χ1n) is 4.45. The molecule has 82 valence electrons. The van der Waals surface area contributed by atoms with Crippen molar-refractivity contribution in [3.63, 3.8) is 0 Å². The minimum atomic E-state index is -0.566. The van der Waals surface area contributed by atoms with E-state index in [1.807, 2.05) is 0 Å². The van der Waals surface area contributed by atoms with Crippen molar-refractivity contribution in [3.8, 4) is 17.6 Å². The summed E-state index contributed by atoms with van der Waals surface area (Å²) < 4.78 is 5.11. The number of rotatable bonds is 4. The third-order valence-electron chi connectivity index (χ3n) is 1.79. The number of aldehydes is 1. The SMILES string of the molecule is CC#CCOc1cc(C=O)ccc1[N+](=O)[O-]. The molecular formula is C11H9NO4. The minimum Gasteiger partial charge on any atom is -0.474 e. The lowest BCUT2D eigenvalue weighted by Crippen LogP contribution is -1.99. The average molecular weight is 219 g/mol. The van der Waals surface area contributed by atoms with Crippen LogP contribution < -0.4 is 4.74 Å². The first-order chi connectivity index (χ1) is 7.69. The molecule has 1 rings (SSSR count). The van der Waals surface area contributed by atoms with Gasteiger partial charge >= 0.3 is 5.69 Å².